The van der Waals surface area contributed by atoms with E-state index in [1.807, 2.05) is 0 Å². The van der Waals surface area contributed by atoms with E-state index < -0.39 is 54.0 Å². The van der Waals surface area contributed by atoms with Gasteiger partial charge in [-0.2, -0.15) is 0 Å². The second-order valence-electron chi connectivity index (χ2n) is 9.14. The van der Waals surface area contributed by atoms with E-state index in [-0.39, 0.29) is 13.2 Å². The monoisotopic (exact) mass is 430 g/mol. The highest BCUT2D eigenvalue weighted by molar-refractivity contribution is 5.83. The van der Waals surface area contributed by atoms with Crippen LogP contribution in [0.25, 0.3) is 0 Å². The second-order valence-corrected chi connectivity index (χ2v) is 9.14. The lowest BCUT2D eigenvalue weighted by molar-refractivity contribution is -0.156. The number of likely N-dealkylation sites (tertiary alicyclic amines) is 1. The minimum atomic E-state index is -1.33. The van der Waals surface area contributed by atoms with Gasteiger partial charge in [0.1, 0.15) is 23.8 Å². The number of hydrogen-bond acceptors (Lipinski definition) is 7. The lowest BCUT2D eigenvalue weighted by Crippen LogP contribution is -2.52. The van der Waals surface area contributed by atoms with Crippen LogP contribution in [0.5, 0.6) is 0 Å². The minimum Gasteiger partial charge on any atom is -0.465 e. The molecule has 0 bridgehead atoms. The van der Waals surface area contributed by atoms with Gasteiger partial charge in [0.25, 0.3) is 0 Å². The Bertz CT molecular complexity index is 650. The van der Waals surface area contributed by atoms with Crippen molar-refractivity contribution in [2.24, 2.45) is 0 Å². The van der Waals surface area contributed by atoms with Crippen molar-refractivity contribution in [3.63, 3.8) is 0 Å². The fraction of sp³-hybridized carbons (Fsp3) is 0.800. The van der Waals surface area contributed by atoms with Gasteiger partial charge < -0.3 is 19.3 Å². The quantitative estimate of drug-likeness (QED) is 0.504. The average molecular weight is 430 g/mol. The summed E-state index contributed by atoms with van der Waals surface area (Å²) in [7, 11) is 0. The number of esters is 2. The van der Waals surface area contributed by atoms with Gasteiger partial charge in [-0.25, -0.2) is 14.4 Å². The molecule has 0 aromatic carbocycles. The van der Waals surface area contributed by atoms with Crippen LogP contribution >= 0.6 is 0 Å². The average Bonchev–Trinajstić information content (AvgIpc) is 2.94. The van der Waals surface area contributed by atoms with Gasteiger partial charge in [-0.05, 0) is 61.3 Å². The Hall–Kier alpha value is -2.52. The normalized spacial score (nSPS) is 19.2. The third-order valence-electron chi connectivity index (χ3n) is 4.11. The molecule has 1 saturated heterocycles. The van der Waals surface area contributed by atoms with Gasteiger partial charge >= 0.3 is 24.1 Å². The van der Waals surface area contributed by atoms with E-state index in [0.717, 1.165) is 4.90 Å². The van der Waals surface area contributed by atoms with E-state index in [1.165, 1.54) is 4.90 Å². The first kappa shape index (κ1) is 25.5. The first-order chi connectivity index (χ1) is 13.6. The lowest BCUT2D eigenvalue weighted by Gasteiger charge is -2.33. The van der Waals surface area contributed by atoms with Crippen molar-refractivity contribution in [2.45, 2.75) is 84.6 Å². The van der Waals surface area contributed by atoms with Crippen molar-refractivity contribution >= 4 is 24.1 Å². The molecule has 1 aliphatic heterocycles. The number of hydrogen-bond donors (Lipinski definition) is 1. The first-order valence-corrected chi connectivity index (χ1v) is 10.0. The van der Waals surface area contributed by atoms with E-state index in [4.69, 9.17) is 14.2 Å². The van der Waals surface area contributed by atoms with Crippen LogP contribution in [0.1, 0.15) is 61.3 Å². The highest BCUT2D eigenvalue weighted by Gasteiger charge is 2.44. The number of nitrogens with zero attached hydrogens (tertiary/aromatic N) is 2. The van der Waals surface area contributed by atoms with Crippen LogP contribution in [-0.4, -0.2) is 82.0 Å². The molecule has 0 aliphatic carbocycles. The number of carboxylic acid groups (broad SMARTS) is 1. The molecule has 30 heavy (non-hydrogen) atoms. The Labute approximate surface area is 177 Å². The number of ether oxygens (including phenoxy) is 3. The fourth-order valence-electron chi connectivity index (χ4n) is 3.12. The molecule has 1 N–H and O–H groups in total. The Kier molecular flexibility index (Phi) is 8.50. The second kappa shape index (κ2) is 9.99. The number of carbonyl (C=O) groups is 4. The summed E-state index contributed by atoms with van der Waals surface area (Å²) in [5.74, 6) is -1.27. The highest BCUT2D eigenvalue weighted by Crippen LogP contribution is 2.28. The SMILES string of the molecule is CCOC(=O)[C@@H]1CC[C@@H](CN(CC(=O)OC(C)(C)C)C(=O)O)N1C(=O)OC(C)(C)C. The summed E-state index contributed by atoms with van der Waals surface area (Å²) in [6.45, 7) is 11.3. The smallest absolute Gasteiger partial charge is 0.411 e. The maximum Gasteiger partial charge on any atom is 0.411 e. The molecule has 10 heteroatoms. The first-order valence-electron chi connectivity index (χ1n) is 10.0. The summed E-state index contributed by atoms with van der Waals surface area (Å²) in [4.78, 5) is 51.1. The van der Waals surface area contributed by atoms with Gasteiger partial charge in [0, 0.05) is 6.54 Å². The summed E-state index contributed by atoms with van der Waals surface area (Å²) < 4.78 is 15.7. The van der Waals surface area contributed by atoms with E-state index in [2.05, 4.69) is 0 Å². The van der Waals surface area contributed by atoms with Crippen molar-refractivity contribution in [3.8, 4) is 0 Å². The van der Waals surface area contributed by atoms with Crippen molar-refractivity contribution in [1.29, 1.82) is 0 Å². The van der Waals surface area contributed by atoms with Gasteiger partial charge in [-0.1, -0.05) is 0 Å². The van der Waals surface area contributed by atoms with Crippen LogP contribution in [0.4, 0.5) is 9.59 Å². The molecule has 0 saturated carbocycles. The van der Waals surface area contributed by atoms with Crippen LogP contribution < -0.4 is 0 Å². The predicted octanol–water partition coefficient (Wildman–Crippen LogP) is 2.64. The minimum absolute atomic E-state index is 0.155. The molecule has 0 radical (unpaired) electrons. The third-order valence-corrected chi connectivity index (χ3v) is 4.11. The molecule has 1 fully saturated rings. The molecule has 1 heterocycles. The maximum absolute atomic E-state index is 12.8. The topological polar surface area (TPSA) is 123 Å². The molecule has 1 rings (SSSR count). The number of carbonyl (C=O) groups excluding carboxylic acids is 3. The third kappa shape index (κ3) is 8.08. The standard InChI is InChI=1S/C20H34N2O8/c1-8-28-16(24)14-10-9-13(22(14)18(27)30-20(5,6)7)11-21(17(25)26)12-15(23)29-19(2,3)4/h13-14H,8-12H2,1-7H3,(H,25,26)/t13-,14-/m0/s1. The van der Waals surface area contributed by atoms with Gasteiger partial charge in [0.05, 0.1) is 12.6 Å². The van der Waals surface area contributed by atoms with E-state index in [9.17, 15) is 24.3 Å². The zero-order valence-corrected chi connectivity index (χ0v) is 18.9. The molecule has 2 amide bonds. The van der Waals surface area contributed by atoms with Crippen LogP contribution in [0.15, 0.2) is 0 Å². The van der Waals surface area contributed by atoms with Crippen molar-refractivity contribution < 1.29 is 38.5 Å². The van der Waals surface area contributed by atoms with Crippen molar-refractivity contribution in [1.82, 2.24) is 9.80 Å². The molecule has 0 spiro atoms. The summed E-state index contributed by atoms with van der Waals surface area (Å²) in [5.41, 5.74) is -1.56. The molecule has 0 unspecified atom stereocenters. The molecular formula is C20H34N2O8. The van der Waals surface area contributed by atoms with E-state index in [0.29, 0.717) is 12.8 Å². The summed E-state index contributed by atoms with van der Waals surface area (Å²) in [6.07, 6.45) is -1.39. The van der Waals surface area contributed by atoms with Crippen LogP contribution in [0.3, 0.4) is 0 Å². The van der Waals surface area contributed by atoms with Gasteiger partial charge in [0.15, 0.2) is 0 Å². The number of rotatable bonds is 6. The zero-order valence-electron chi connectivity index (χ0n) is 18.9. The number of amides is 2. The van der Waals surface area contributed by atoms with Gasteiger partial charge in [0.2, 0.25) is 0 Å². The van der Waals surface area contributed by atoms with Crippen molar-refractivity contribution in [3.05, 3.63) is 0 Å². The maximum atomic E-state index is 12.8. The molecule has 1 aliphatic rings. The van der Waals surface area contributed by atoms with Gasteiger partial charge in [-0.15, -0.1) is 0 Å². The van der Waals surface area contributed by atoms with Crippen molar-refractivity contribution in [2.75, 3.05) is 19.7 Å². The Morgan fingerprint density at radius 1 is 1.00 bits per heavy atom. The Morgan fingerprint density at radius 2 is 1.57 bits per heavy atom. The molecule has 2 atom stereocenters. The van der Waals surface area contributed by atoms with Crippen LogP contribution in [-0.2, 0) is 23.8 Å². The fourth-order valence-corrected chi connectivity index (χ4v) is 3.12. The van der Waals surface area contributed by atoms with Gasteiger partial charge in [-0.3, -0.25) is 14.6 Å². The van der Waals surface area contributed by atoms with E-state index in [1.54, 1.807) is 48.5 Å². The molecule has 172 valence electrons. The van der Waals surface area contributed by atoms with E-state index >= 15 is 0 Å². The molecule has 10 nitrogen and oxygen atoms in total. The van der Waals surface area contributed by atoms with Crippen LogP contribution in [0, 0.1) is 0 Å². The predicted molar refractivity (Wildman–Crippen MR) is 107 cm³/mol. The molecular weight excluding hydrogens is 396 g/mol. The molecule has 0 aromatic rings. The Balaban J connectivity index is 3.03. The summed E-state index contributed by atoms with van der Waals surface area (Å²) in [6, 6.07) is -1.52. The summed E-state index contributed by atoms with van der Waals surface area (Å²) in [5, 5.41) is 9.54. The largest absolute Gasteiger partial charge is 0.465 e. The zero-order chi connectivity index (χ0) is 23.3. The van der Waals surface area contributed by atoms with Crippen LogP contribution in [0.2, 0.25) is 0 Å². The highest BCUT2D eigenvalue weighted by atomic mass is 16.6. The lowest BCUT2D eigenvalue weighted by atomic mass is 10.2. The molecule has 0 aromatic heterocycles. The Morgan fingerprint density at radius 3 is 2.03 bits per heavy atom. The summed E-state index contributed by atoms with van der Waals surface area (Å²) >= 11 is 0.